The van der Waals surface area contributed by atoms with Crippen molar-refractivity contribution in [3.63, 3.8) is 0 Å². The van der Waals surface area contributed by atoms with Gasteiger partial charge in [0.2, 0.25) is 0 Å². The predicted molar refractivity (Wildman–Crippen MR) is 99.5 cm³/mol. The first kappa shape index (κ1) is 17.5. The second kappa shape index (κ2) is 6.69. The molecule has 7 nitrogen and oxygen atoms in total. The Kier molecular flexibility index (Phi) is 4.34. The van der Waals surface area contributed by atoms with E-state index in [1.54, 1.807) is 6.20 Å². The summed E-state index contributed by atoms with van der Waals surface area (Å²) < 4.78 is 0. The lowest BCUT2D eigenvalue weighted by Gasteiger charge is -2.56. The van der Waals surface area contributed by atoms with Gasteiger partial charge in [0.25, 0.3) is 11.6 Å². The molecular weight excluding hydrogens is 344 g/mol. The van der Waals surface area contributed by atoms with Crippen LogP contribution in [0.1, 0.15) is 38.5 Å². The Morgan fingerprint density at radius 1 is 1.15 bits per heavy atom. The molecular formula is C20H22N4O3. The number of hydrogen-bond acceptors (Lipinski definition) is 5. The van der Waals surface area contributed by atoms with Crippen LogP contribution < -0.4 is 10.6 Å². The number of rotatable bonds is 5. The quantitative estimate of drug-likeness (QED) is 0.359. The van der Waals surface area contributed by atoms with E-state index in [0.717, 1.165) is 37.0 Å². The first-order valence-corrected chi connectivity index (χ1v) is 9.40. The summed E-state index contributed by atoms with van der Waals surface area (Å²) in [6, 6.07) is 7.51. The van der Waals surface area contributed by atoms with E-state index in [9.17, 15) is 20.2 Å². The largest absolute Gasteiger partial charge is 0.384 e. The van der Waals surface area contributed by atoms with Crippen molar-refractivity contribution in [3.05, 3.63) is 46.2 Å². The van der Waals surface area contributed by atoms with Crippen LogP contribution in [0.3, 0.4) is 0 Å². The molecule has 0 aliphatic heterocycles. The number of carbonyl (C=O) groups excluding carboxylic acids is 1. The fourth-order valence-corrected chi connectivity index (χ4v) is 5.53. The van der Waals surface area contributed by atoms with Crippen LogP contribution in [0.2, 0.25) is 0 Å². The van der Waals surface area contributed by atoms with Gasteiger partial charge in [0, 0.05) is 29.6 Å². The van der Waals surface area contributed by atoms with Crippen LogP contribution in [-0.4, -0.2) is 16.4 Å². The van der Waals surface area contributed by atoms with Gasteiger partial charge < -0.3 is 10.6 Å². The molecule has 140 valence electrons. The zero-order valence-corrected chi connectivity index (χ0v) is 15.0. The fourth-order valence-electron chi connectivity index (χ4n) is 5.53. The van der Waals surface area contributed by atoms with Crippen LogP contribution in [0.25, 0.3) is 0 Å². The maximum Gasteiger partial charge on any atom is 0.269 e. The number of benzene rings is 1. The lowest BCUT2D eigenvalue weighted by atomic mass is 9.53. The van der Waals surface area contributed by atoms with Gasteiger partial charge >= 0.3 is 0 Å². The Labute approximate surface area is 157 Å². The molecule has 7 heteroatoms. The fraction of sp³-hybridized carbons (Fsp3) is 0.500. The van der Waals surface area contributed by atoms with Crippen molar-refractivity contribution in [1.29, 1.82) is 5.26 Å². The maximum absolute atomic E-state index is 12.4. The molecule has 0 heterocycles. The number of nitro groups is 1. The molecule has 0 atom stereocenters. The van der Waals surface area contributed by atoms with Gasteiger partial charge in [-0.3, -0.25) is 14.9 Å². The van der Waals surface area contributed by atoms with E-state index in [2.05, 4.69) is 10.6 Å². The number of nitrogens with one attached hydrogen (secondary N) is 2. The molecule has 0 unspecified atom stereocenters. The molecule has 4 aliphatic carbocycles. The van der Waals surface area contributed by atoms with Gasteiger partial charge in [0.05, 0.1) is 4.92 Å². The number of hydrogen-bond donors (Lipinski definition) is 2. The standard InChI is InChI=1S/C20H22N4O3/c21-11-16(19(25)23-17-1-3-18(4-2-17)24(26)27)12-22-20-8-13-5-14(9-20)7-15(6-13)10-20/h1-4,12-15,22H,5-10H2,(H,23,25)/b16-12-. The van der Waals surface area contributed by atoms with E-state index in [1.165, 1.54) is 43.5 Å². The summed E-state index contributed by atoms with van der Waals surface area (Å²) in [6.45, 7) is 0. The van der Waals surface area contributed by atoms with Crippen molar-refractivity contribution in [1.82, 2.24) is 5.32 Å². The van der Waals surface area contributed by atoms with Crippen LogP contribution in [0.4, 0.5) is 11.4 Å². The van der Waals surface area contributed by atoms with Crippen molar-refractivity contribution in [2.45, 2.75) is 44.1 Å². The normalized spacial score (nSPS) is 31.2. The smallest absolute Gasteiger partial charge is 0.269 e. The highest BCUT2D eigenvalue weighted by Crippen LogP contribution is 2.55. The van der Waals surface area contributed by atoms with Crippen LogP contribution in [0.15, 0.2) is 36.0 Å². The van der Waals surface area contributed by atoms with Gasteiger partial charge in [0.15, 0.2) is 0 Å². The Balaban J connectivity index is 1.43. The van der Waals surface area contributed by atoms with Gasteiger partial charge in [-0.15, -0.1) is 0 Å². The summed E-state index contributed by atoms with van der Waals surface area (Å²) in [5.74, 6) is 1.81. The van der Waals surface area contributed by atoms with Crippen molar-refractivity contribution < 1.29 is 9.72 Å². The molecule has 4 saturated carbocycles. The average molecular weight is 366 g/mol. The van der Waals surface area contributed by atoms with Crippen molar-refractivity contribution in [2.75, 3.05) is 5.32 Å². The van der Waals surface area contributed by atoms with E-state index < -0.39 is 10.8 Å². The lowest BCUT2D eigenvalue weighted by molar-refractivity contribution is -0.384. The molecule has 27 heavy (non-hydrogen) atoms. The molecule has 0 spiro atoms. The minimum Gasteiger partial charge on any atom is -0.384 e. The number of anilines is 1. The molecule has 0 radical (unpaired) electrons. The molecule has 1 aromatic carbocycles. The third-order valence-corrected chi connectivity index (χ3v) is 6.26. The van der Waals surface area contributed by atoms with Gasteiger partial charge in [-0.05, 0) is 68.4 Å². The molecule has 4 fully saturated rings. The molecule has 0 saturated heterocycles. The van der Waals surface area contributed by atoms with E-state index in [0.29, 0.717) is 5.69 Å². The summed E-state index contributed by atoms with van der Waals surface area (Å²) >= 11 is 0. The van der Waals surface area contributed by atoms with E-state index in [1.807, 2.05) is 6.07 Å². The molecule has 4 bridgehead atoms. The zero-order valence-electron chi connectivity index (χ0n) is 15.0. The number of carbonyl (C=O) groups is 1. The Bertz CT molecular complexity index is 802. The van der Waals surface area contributed by atoms with Gasteiger partial charge in [-0.25, -0.2) is 0 Å². The Morgan fingerprint density at radius 2 is 1.70 bits per heavy atom. The van der Waals surface area contributed by atoms with E-state index >= 15 is 0 Å². The highest BCUT2D eigenvalue weighted by atomic mass is 16.6. The second-order valence-corrected chi connectivity index (χ2v) is 8.27. The third-order valence-electron chi connectivity index (χ3n) is 6.26. The van der Waals surface area contributed by atoms with Gasteiger partial charge in [-0.1, -0.05) is 0 Å². The van der Waals surface area contributed by atoms with Crippen LogP contribution in [-0.2, 0) is 4.79 Å². The summed E-state index contributed by atoms with van der Waals surface area (Å²) in [5, 5.41) is 26.2. The van der Waals surface area contributed by atoms with Crippen LogP contribution >= 0.6 is 0 Å². The Morgan fingerprint density at radius 3 is 2.19 bits per heavy atom. The maximum atomic E-state index is 12.4. The third kappa shape index (κ3) is 3.52. The molecule has 1 aromatic rings. The van der Waals surface area contributed by atoms with E-state index in [4.69, 9.17) is 0 Å². The number of nitrogens with zero attached hydrogens (tertiary/aromatic N) is 2. The minimum atomic E-state index is -0.511. The van der Waals surface area contributed by atoms with Crippen molar-refractivity contribution in [2.24, 2.45) is 17.8 Å². The van der Waals surface area contributed by atoms with Crippen molar-refractivity contribution in [3.8, 4) is 6.07 Å². The lowest BCUT2D eigenvalue weighted by Crippen LogP contribution is -2.57. The SMILES string of the molecule is N#C/C(=C/NC12CC3CC(CC(C3)C1)C2)C(=O)Nc1ccc([N+](=O)[O-])cc1. The number of nitriles is 1. The number of non-ortho nitro benzene ring substituents is 1. The second-order valence-electron chi connectivity index (χ2n) is 8.27. The summed E-state index contributed by atoms with van der Waals surface area (Å²) in [6.07, 6.45) is 8.92. The summed E-state index contributed by atoms with van der Waals surface area (Å²) in [7, 11) is 0. The predicted octanol–water partition coefficient (Wildman–Crippen LogP) is 3.50. The van der Waals surface area contributed by atoms with Crippen LogP contribution in [0.5, 0.6) is 0 Å². The number of amides is 1. The molecule has 4 aliphatic rings. The van der Waals surface area contributed by atoms with E-state index in [-0.39, 0.29) is 16.8 Å². The monoisotopic (exact) mass is 366 g/mol. The first-order chi connectivity index (χ1) is 13.0. The molecule has 5 rings (SSSR count). The summed E-state index contributed by atoms with van der Waals surface area (Å²) in [5.41, 5.74) is 0.419. The van der Waals surface area contributed by atoms with Gasteiger partial charge in [-0.2, -0.15) is 5.26 Å². The molecule has 1 amide bonds. The highest BCUT2D eigenvalue weighted by molar-refractivity contribution is 6.06. The zero-order chi connectivity index (χ0) is 19.0. The highest BCUT2D eigenvalue weighted by Gasteiger charge is 2.50. The molecule has 0 aromatic heterocycles. The minimum absolute atomic E-state index is 0.0177. The average Bonchev–Trinajstić information content (AvgIpc) is 2.61. The number of nitro benzene ring substituents is 1. The van der Waals surface area contributed by atoms with Crippen molar-refractivity contribution >= 4 is 17.3 Å². The van der Waals surface area contributed by atoms with Gasteiger partial charge in [0.1, 0.15) is 11.6 Å². The molecule has 2 N–H and O–H groups in total. The Hall–Kier alpha value is -2.88. The summed E-state index contributed by atoms with van der Waals surface area (Å²) in [4.78, 5) is 22.6. The first-order valence-electron chi connectivity index (χ1n) is 9.40. The van der Waals surface area contributed by atoms with Crippen LogP contribution in [0, 0.1) is 39.2 Å². The topological polar surface area (TPSA) is 108 Å².